The highest BCUT2D eigenvalue weighted by Crippen LogP contribution is 2.37. The van der Waals surface area contributed by atoms with E-state index in [2.05, 4.69) is 22.3 Å². The first-order valence-corrected chi connectivity index (χ1v) is 11.6. The standard InChI is InChI=1S/C27H33N3O3/c1-18(31)26(20-12-14-28-15-13-20)30-24(17-29(2)3)25(19-8-6-5-7-9-19)23-16-21(33-4)10-11-22(23)27(30)32/h5-11,16,20,26,28H,12-15,17H2,1-4H3. The van der Waals surface area contributed by atoms with E-state index in [0.717, 1.165) is 48.1 Å². The molecule has 4 rings (SSSR count). The van der Waals surface area contributed by atoms with Gasteiger partial charge < -0.3 is 15.0 Å². The minimum absolute atomic E-state index is 0.0379. The van der Waals surface area contributed by atoms with Crippen LogP contribution in [0.3, 0.4) is 0 Å². The van der Waals surface area contributed by atoms with E-state index in [-0.39, 0.29) is 17.3 Å². The maximum Gasteiger partial charge on any atom is 0.259 e. The molecule has 1 unspecified atom stereocenters. The second kappa shape index (κ2) is 9.89. The number of piperidine rings is 1. The smallest absolute Gasteiger partial charge is 0.259 e. The Bertz CT molecular complexity index is 1190. The molecule has 1 atom stereocenters. The molecule has 174 valence electrons. The fraction of sp³-hybridized carbons (Fsp3) is 0.407. The van der Waals surface area contributed by atoms with E-state index < -0.39 is 6.04 Å². The maximum absolute atomic E-state index is 14.0. The van der Waals surface area contributed by atoms with Gasteiger partial charge in [0.1, 0.15) is 5.75 Å². The Morgan fingerprint density at radius 2 is 1.82 bits per heavy atom. The number of ether oxygens (including phenoxy) is 1. The number of carbonyl (C=O) groups is 1. The largest absolute Gasteiger partial charge is 0.497 e. The van der Waals surface area contributed by atoms with Crippen molar-refractivity contribution < 1.29 is 9.53 Å². The summed E-state index contributed by atoms with van der Waals surface area (Å²) >= 11 is 0. The molecule has 3 aromatic rings. The number of nitrogens with one attached hydrogen (secondary N) is 1. The van der Waals surface area contributed by atoms with Crippen LogP contribution in [-0.2, 0) is 11.3 Å². The van der Waals surface area contributed by atoms with Gasteiger partial charge in [0.15, 0.2) is 5.78 Å². The van der Waals surface area contributed by atoms with E-state index in [1.165, 1.54) is 0 Å². The highest BCUT2D eigenvalue weighted by Gasteiger charge is 2.33. The van der Waals surface area contributed by atoms with E-state index in [1.54, 1.807) is 14.0 Å². The average Bonchev–Trinajstić information content (AvgIpc) is 2.82. The Morgan fingerprint density at radius 3 is 2.42 bits per heavy atom. The second-order valence-corrected chi connectivity index (χ2v) is 9.16. The number of hydrogen-bond donors (Lipinski definition) is 1. The molecule has 2 aromatic carbocycles. The third-order valence-corrected chi connectivity index (χ3v) is 6.58. The molecule has 6 heteroatoms. The third kappa shape index (κ3) is 4.59. The minimum Gasteiger partial charge on any atom is -0.497 e. The van der Waals surface area contributed by atoms with Crippen molar-refractivity contribution in [1.82, 2.24) is 14.8 Å². The van der Waals surface area contributed by atoms with Crippen LogP contribution in [0.15, 0.2) is 53.3 Å². The van der Waals surface area contributed by atoms with Gasteiger partial charge in [0.2, 0.25) is 0 Å². The van der Waals surface area contributed by atoms with Gasteiger partial charge in [-0.15, -0.1) is 0 Å². The maximum atomic E-state index is 14.0. The van der Waals surface area contributed by atoms with Crippen LogP contribution in [0.1, 0.15) is 31.5 Å². The number of fused-ring (bicyclic) bond motifs is 1. The number of benzene rings is 2. The van der Waals surface area contributed by atoms with Crippen LogP contribution in [0.5, 0.6) is 5.75 Å². The molecule has 1 N–H and O–H groups in total. The number of methoxy groups -OCH3 is 1. The van der Waals surface area contributed by atoms with Crippen molar-refractivity contribution in [2.45, 2.75) is 32.4 Å². The van der Waals surface area contributed by atoms with E-state index in [9.17, 15) is 9.59 Å². The number of pyridine rings is 1. The van der Waals surface area contributed by atoms with Gasteiger partial charge in [0, 0.05) is 28.6 Å². The summed E-state index contributed by atoms with van der Waals surface area (Å²) in [5.41, 5.74) is 2.77. The van der Waals surface area contributed by atoms with Gasteiger partial charge >= 0.3 is 0 Å². The van der Waals surface area contributed by atoms with Gasteiger partial charge in [-0.25, -0.2) is 0 Å². The first-order valence-electron chi connectivity index (χ1n) is 11.6. The van der Waals surface area contributed by atoms with Gasteiger partial charge in [0.05, 0.1) is 13.2 Å². The second-order valence-electron chi connectivity index (χ2n) is 9.16. The SMILES string of the molecule is COc1ccc2c(=O)n(C(C(C)=O)C3CCNCC3)c(CN(C)C)c(-c3ccccc3)c2c1. The molecular formula is C27H33N3O3. The Hall–Kier alpha value is -2.96. The Labute approximate surface area is 195 Å². The van der Waals surface area contributed by atoms with E-state index >= 15 is 0 Å². The zero-order valence-electron chi connectivity index (χ0n) is 19.9. The normalized spacial score (nSPS) is 15.7. The van der Waals surface area contributed by atoms with Gasteiger partial charge in [-0.2, -0.15) is 0 Å². The number of Topliss-reactive ketones (excluding diaryl/α,β-unsaturated/α-hetero) is 1. The van der Waals surface area contributed by atoms with Crippen molar-refractivity contribution in [1.29, 1.82) is 0 Å². The molecule has 0 amide bonds. The molecule has 1 fully saturated rings. The molecule has 0 bridgehead atoms. The lowest BCUT2D eigenvalue weighted by Gasteiger charge is -2.34. The summed E-state index contributed by atoms with van der Waals surface area (Å²) in [6.07, 6.45) is 1.75. The van der Waals surface area contributed by atoms with Crippen LogP contribution in [0, 0.1) is 5.92 Å². The number of aromatic nitrogens is 1. The predicted molar refractivity (Wildman–Crippen MR) is 133 cm³/mol. The molecule has 6 nitrogen and oxygen atoms in total. The molecular weight excluding hydrogens is 414 g/mol. The molecule has 1 saturated heterocycles. The number of carbonyl (C=O) groups excluding carboxylic acids is 1. The quantitative estimate of drug-likeness (QED) is 0.596. The van der Waals surface area contributed by atoms with Crippen molar-refractivity contribution in [3.63, 3.8) is 0 Å². The Morgan fingerprint density at radius 1 is 1.12 bits per heavy atom. The fourth-order valence-electron chi connectivity index (χ4n) is 5.13. The summed E-state index contributed by atoms with van der Waals surface area (Å²) in [4.78, 5) is 29.2. The van der Waals surface area contributed by atoms with E-state index in [4.69, 9.17) is 4.74 Å². The van der Waals surface area contributed by atoms with Crippen molar-refractivity contribution in [2.24, 2.45) is 5.92 Å². The lowest BCUT2D eigenvalue weighted by molar-refractivity contribution is -0.122. The predicted octanol–water partition coefficient (Wildman–Crippen LogP) is 3.87. The lowest BCUT2D eigenvalue weighted by Crippen LogP contribution is -2.41. The molecule has 1 aromatic heterocycles. The molecule has 2 heterocycles. The fourth-order valence-corrected chi connectivity index (χ4v) is 5.13. The van der Waals surface area contributed by atoms with Crippen LogP contribution in [0.25, 0.3) is 21.9 Å². The van der Waals surface area contributed by atoms with Crippen LogP contribution in [0.2, 0.25) is 0 Å². The molecule has 33 heavy (non-hydrogen) atoms. The summed E-state index contributed by atoms with van der Waals surface area (Å²) in [5.74, 6) is 0.867. The monoisotopic (exact) mass is 447 g/mol. The van der Waals surface area contributed by atoms with Crippen molar-refractivity contribution in [2.75, 3.05) is 34.3 Å². The number of ketones is 1. The van der Waals surface area contributed by atoms with Crippen LogP contribution >= 0.6 is 0 Å². The highest BCUT2D eigenvalue weighted by atomic mass is 16.5. The molecule has 0 spiro atoms. The Kier molecular flexibility index (Phi) is 6.96. The van der Waals surface area contributed by atoms with Crippen LogP contribution in [-0.4, -0.2) is 49.5 Å². The topological polar surface area (TPSA) is 63.6 Å². The zero-order chi connectivity index (χ0) is 23.5. The molecule has 1 aliphatic heterocycles. The van der Waals surface area contributed by atoms with Gasteiger partial charge in [-0.3, -0.25) is 14.2 Å². The first kappa shape index (κ1) is 23.2. The van der Waals surface area contributed by atoms with Crippen LogP contribution in [0.4, 0.5) is 0 Å². The summed E-state index contributed by atoms with van der Waals surface area (Å²) in [5, 5.41) is 4.84. The number of rotatable bonds is 7. The zero-order valence-corrected chi connectivity index (χ0v) is 19.9. The van der Waals surface area contributed by atoms with Crippen molar-refractivity contribution in [3.05, 3.63) is 64.6 Å². The van der Waals surface area contributed by atoms with Gasteiger partial charge in [-0.1, -0.05) is 30.3 Å². The minimum atomic E-state index is -0.483. The molecule has 0 radical (unpaired) electrons. The summed E-state index contributed by atoms with van der Waals surface area (Å²) in [6.45, 7) is 3.89. The van der Waals surface area contributed by atoms with E-state index in [0.29, 0.717) is 17.7 Å². The molecule has 1 aliphatic rings. The number of hydrogen-bond acceptors (Lipinski definition) is 5. The summed E-state index contributed by atoms with van der Waals surface area (Å²) in [6, 6.07) is 15.2. The molecule has 0 saturated carbocycles. The van der Waals surface area contributed by atoms with Gasteiger partial charge in [-0.05, 0) is 76.6 Å². The first-order chi connectivity index (χ1) is 15.9. The van der Waals surface area contributed by atoms with Crippen molar-refractivity contribution in [3.8, 4) is 16.9 Å². The molecule has 0 aliphatic carbocycles. The summed E-state index contributed by atoms with van der Waals surface area (Å²) < 4.78 is 7.32. The van der Waals surface area contributed by atoms with Crippen LogP contribution < -0.4 is 15.6 Å². The van der Waals surface area contributed by atoms with E-state index in [1.807, 2.05) is 55.1 Å². The average molecular weight is 448 g/mol. The Balaban J connectivity index is 2.12. The third-order valence-electron chi connectivity index (χ3n) is 6.58. The van der Waals surface area contributed by atoms with Gasteiger partial charge in [0.25, 0.3) is 5.56 Å². The highest BCUT2D eigenvalue weighted by molar-refractivity contribution is 5.98. The summed E-state index contributed by atoms with van der Waals surface area (Å²) in [7, 11) is 5.62. The van der Waals surface area contributed by atoms with Crippen molar-refractivity contribution >= 4 is 16.6 Å². The lowest BCUT2D eigenvalue weighted by atomic mass is 9.86. The number of nitrogens with zero attached hydrogens (tertiary/aromatic N) is 2.